The van der Waals surface area contributed by atoms with E-state index in [1.165, 1.54) is 14.2 Å². The number of methoxy groups -OCH3 is 2. The SMILES string of the molecule is CNC(C)(C)Cc1cc(OC)c(O)c(OC)c1. The van der Waals surface area contributed by atoms with Crippen molar-refractivity contribution < 1.29 is 14.6 Å². The average Bonchev–Trinajstić information content (AvgIpc) is 2.30. The summed E-state index contributed by atoms with van der Waals surface area (Å²) in [6.45, 7) is 4.22. The standard InChI is InChI=1S/C13H21NO3/c1-13(2,14-3)8-9-6-10(16-4)12(15)11(7-9)17-5/h6-7,14-15H,8H2,1-5H3. The summed E-state index contributed by atoms with van der Waals surface area (Å²) in [5.41, 5.74) is 1.03. The lowest BCUT2D eigenvalue weighted by molar-refractivity contribution is 0.337. The molecule has 0 fully saturated rings. The number of hydrogen-bond donors (Lipinski definition) is 2. The third-order valence-electron chi connectivity index (χ3n) is 2.86. The average molecular weight is 239 g/mol. The topological polar surface area (TPSA) is 50.7 Å². The number of ether oxygens (including phenoxy) is 2. The lowest BCUT2D eigenvalue weighted by atomic mass is 9.95. The number of hydrogen-bond acceptors (Lipinski definition) is 4. The quantitative estimate of drug-likeness (QED) is 0.824. The Morgan fingerprint density at radius 1 is 1.18 bits per heavy atom. The van der Waals surface area contributed by atoms with Gasteiger partial charge in [-0.25, -0.2) is 0 Å². The maximum absolute atomic E-state index is 9.80. The van der Waals surface area contributed by atoms with Crippen molar-refractivity contribution >= 4 is 0 Å². The Morgan fingerprint density at radius 3 is 2.00 bits per heavy atom. The molecule has 0 saturated carbocycles. The highest BCUT2D eigenvalue weighted by atomic mass is 16.5. The molecule has 0 spiro atoms. The van der Waals surface area contributed by atoms with Gasteiger partial charge in [0.15, 0.2) is 11.5 Å². The van der Waals surface area contributed by atoms with Crippen LogP contribution < -0.4 is 14.8 Å². The number of phenolic OH excluding ortho intramolecular Hbond substituents is 1. The Bertz CT molecular complexity index is 363. The molecule has 0 heterocycles. The van der Waals surface area contributed by atoms with Crippen LogP contribution in [0.1, 0.15) is 19.4 Å². The summed E-state index contributed by atoms with van der Waals surface area (Å²) in [7, 11) is 4.98. The fraction of sp³-hybridized carbons (Fsp3) is 0.538. The van der Waals surface area contributed by atoms with Crippen molar-refractivity contribution in [2.75, 3.05) is 21.3 Å². The number of benzene rings is 1. The predicted octanol–water partition coefficient (Wildman–Crippen LogP) is 1.95. The van der Waals surface area contributed by atoms with Crippen molar-refractivity contribution in [3.8, 4) is 17.2 Å². The minimum absolute atomic E-state index is 0.0208. The van der Waals surface area contributed by atoms with Crippen molar-refractivity contribution in [3.05, 3.63) is 17.7 Å². The van der Waals surface area contributed by atoms with Crippen LogP contribution in [0.3, 0.4) is 0 Å². The monoisotopic (exact) mass is 239 g/mol. The van der Waals surface area contributed by atoms with Crippen LogP contribution in [-0.2, 0) is 6.42 Å². The van der Waals surface area contributed by atoms with Crippen LogP contribution in [0.5, 0.6) is 17.2 Å². The van der Waals surface area contributed by atoms with E-state index in [0.717, 1.165) is 12.0 Å². The highest BCUT2D eigenvalue weighted by Gasteiger charge is 2.18. The molecule has 1 aromatic rings. The summed E-state index contributed by atoms with van der Waals surface area (Å²) in [5, 5.41) is 13.0. The van der Waals surface area contributed by atoms with E-state index in [9.17, 15) is 5.11 Å². The normalized spacial score (nSPS) is 11.4. The van der Waals surface area contributed by atoms with E-state index in [1.54, 1.807) is 0 Å². The van der Waals surface area contributed by atoms with E-state index >= 15 is 0 Å². The minimum Gasteiger partial charge on any atom is -0.502 e. The molecule has 2 N–H and O–H groups in total. The molecule has 0 radical (unpaired) electrons. The van der Waals surface area contributed by atoms with Gasteiger partial charge < -0.3 is 19.9 Å². The van der Waals surface area contributed by atoms with Crippen LogP contribution in [0.15, 0.2) is 12.1 Å². The number of phenols is 1. The van der Waals surface area contributed by atoms with Crippen molar-refractivity contribution in [1.29, 1.82) is 0 Å². The van der Waals surface area contributed by atoms with Gasteiger partial charge in [0.1, 0.15) is 0 Å². The molecule has 0 aliphatic rings. The first-order valence-corrected chi connectivity index (χ1v) is 5.56. The van der Waals surface area contributed by atoms with Crippen LogP contribution in [0.4, 0.5) is 0 Å². The molecule has 0 aliphatic heterocycles. The van der Waals surface area contributed by atoms with Crippen LogP contribution in [0.25, 0.3) is 0 Å². The van der Waals surface area contributed by atoms with Gasteiger partial charge in [-0.05, 0) is 45.0 Å². The zero-order valence-electron chi connectivity index (χ0n) is 11.1. The molecule has 0 unspecified atom stereocenters. The predicted molar refractivity (Wildman–Crippen MR) is 68.1 cm³/mol. The zero-order chi connectivity index (χ0) is 13.1. The number of likely N-dealkylation sites (N-methyl/N-ethyl adjacent to an activating group) is 1. The molecule has 0 saturated heterocycles. The lowest BCUT2D eigenvalue weighted by Gasteiger charge is -2.24. The van der Waals surface area contributed by atoms with Gasteiger partial charge in [0, 0.05) is 5.54 Å². The Labute approximate surface area is 103 Å². The van der Waals surface area contributed by atoms with Gasteiger partial charge in [-0.1, -0.05) is 0 Å². The first kappa shape index (κ1) is 13.6. The molecule has 0 bridgehead atoms. The summed E-state index contributed by atoms with van der Waals surface area (Å²) in [6.07, 6.45) is 0.816. The molecule has 4 nitrogen and oxygen atoms in total. The van der Waals surface area contributed by atoms with E-state index in [0.29, 0.717) is 11.5 Å². The summed E-state index contributed by atoms with van der Waals surface area (Å²) < 4.78 is 10.3. The second kappa shape index (κ2) is 5.27. The fourth-order valence-corrected chi connectivity index (χ4v) is 1.65. The molecule has 96 valence electrons. The molecule has 0 amide bonds. The van der Waals surface area contributed by atoms with Crippen LogP contribution in [0.2, 0.25) is 0 Å². The molecule has 4 heteroatoms. The van der Waals surface area contributed by atoms with Crippen LogP contribution >= 0.6 is 0 Å². The van der Waals surface area contributed by atoms with Crippen molar-refractivity contribution in [2.24, 2.45) is 0 Å². The fourth-order valence-electron chi connectivity index (χ4n) is 1.65. The van der Waals surface area contributed by atoms with Gasteiger partial charge in [-0.3, -0.25) is 0 Å². The van der Waals surface area contributed by atoms with Gasteiger partial charge in [0.05, 0.1) is 14.2 Å². The van der Waals surface area contributed by atoms with Gasteiger partial charge in [-0.15, -0.1) is 0 Å². The third-order valence-corrected chi connectivity index (χ3v) is 2.86. The number of rotatable bonds is 5. The Balaban J connectivity index is 3.09. The molecule has 0 aliphatic carbocycles. The maximum Gasteiger partial charge on any atom is 0.200 e. The van der Waals surface area contributed by atoms with Crippen LogP contribution in [-0.4, -0.2) is 31.9 Å². The van der Waals surface area contributed by atoms with E-state index in [2.05, 4.69) is 19.2 Å². The molecule has 1 rings (SSSR count). The van der Waals surface area contributed by atoms with Crippen molar-refractivity contribution in [3.63, 3.8) is 0 Å². The Kier molecular flexibility index (Phi) is 4.23. The summed E-state index contributed by atoms with van der Waals surface area (Å²) in [6, 6.07) is 3.66. The highest BCUT2D eigenvalue weighted by molar-refractivity contribution is 5.53. The van der Waals surface area contributed by atoms with Gasteiger partial charge in [0.25, 0.3) is 0 Å². The molecule has 1 aromatic carbocycles. The summed E-state index contributed by atoms with van der Waals surface area (Å²) in [5.74, 6) is 0.915. The van der Waals surface area contributed by atoms with Gasteiger partial charge in [-0.2, -0.15) is 0 Å². The highest BCUT2D eigenvalue weighted by Crippen LogP contribution is 2.37. The lowest BCUT2D eigenvalue weighted by Crippen LogP contribution is -2.38. The van der Waals surface area contributed by atoms with Crippen LogP contribution in [0, 0.1) is 0 Å². The minimum atomic E-state index is -0.0208. The number of nitrogens with one attached hydrogen (secondary N) is 1. The third kappa shape index (κ3) is 3.27. The molecular weight excluding hydrogens is 218 g/mol. The molecule has 0 aromatic heterocycles. The van der Waals surface area contributed by atoms with E-state index < -0.39 is 0 Å². The first-order chi connectivity index (χ1) is 7.93. The zero-order valence-corrected chi connectivity index (χ0v) is 11.1. The number of aromatic hydroxyl groups is 1. The second-order valence-corrected chi connectivity index (χ2v) is 4.66. The van der Waals surface area contributed by atoms with E-state index in [4.69, 9.17) is 9.47 Å². The van der Waals surface area contributed by atoms with Gasteiger partial charge >= 0.3 is 0 Å². The van der Waals surface area contributed by atoms with Crippen molar-refractivity contribution in [1.82, 2.24) is 5.32 Å². The Hall–Kier alpha value is -1.42. The second-order valence-electron chi connectivity index (χ2n) is 4.66. The van der Waals surface area contributed by atoms with E-state index in [1.807, 2.05) is 19.2 Å². The molecule has 17 heavy (non-hydrogen) atoms. The first-order valence-electron chi connectivity index (χ1n) is 5.56. The Morgan fingerprint density at radius 2 is 1.65 bits per heavy atom. The smallest absolute Gasteiger partial charge is 0.200 e. The van der Waals surface area contributed by atoms with Gasteiger partial charge in [0.2, 0.25) is 5.75 Å². The molecule has 0 atom stereocenters. The summed E-state index contributed by atoms with van der Waals surface area (Å²) >= 11 is 0. The maximum atomic E-state index is 9.80. The molecular formula is C13H21NO3. The van der Waals surface area contributed by atoms with E-state index in [-0.39, 0.29) is 11.3 Å². The van der Waals surface area contributed by atoms with Crippen molar-refractivity contribution in [2.45, 2.75) is 25.8 Å². The summed E-state index contributed by atoms with van der Waals surface area (Å²) in [4.78, 5) is 0. The largest absolute Gasteiger partial charge is 0.502 e.